The standard InChI is InChI=1S/C24H17NS.10C2H6/c1-3-10-18(11-4-1)25(19-12-5-2-6-13-19)22-16-9-15-21-20-14-7-8-17-23(20)26-24(21)22;10*1-2/h1-17H;10*1-2H3. The van der Waals surface area contributed by atoms with E-state index in [0.717, 1.165) is 0 Å². The van der Waals surface area contributed by atoms with Gasteiger partial charge < -0.3 is 4.90 Å². The lowest BCUT2D eigenvalue weighted by Crippen LogP contribution is -2.09. The van der Waals surface area contributed by atoms with Crippen LogP contribution in [-0.2, 0) is 0 Å². The molecule has 0 spiro atoms. The van der Waals surface area contributed by atoms with E-state index in [4.69, 9.17) is 0 Å². The summed E-state index contributed by atoms with van der Waals surface area (Å²) in [6.45, 7) is 40.0. The van der Waals surface area contributed by atoms with Gasteiger partial charge in [0.25, 0.3) is 0 Å². The molecule has 46 heavy (non-hydrogen) atoms. The smallest absolute Gasteiger partial charge is 0.0640 e. The van der Waals surface area contributed by atoms with Crippen LogP contribution in [0.4, 0.5) is 17.1 Å². The molecule has 0 bridgehead atoms. The summed E-state index contributed by atoms with van der Waals surface area (Å²) in [7, 11) is 0. The van der Waals surface area contributed by atoms with E-state index in [-0.39, 0.29) is 0 Å². The van der Waals surface area contributed by atoms with Crippen molar-refractivity contribution in [2.45, 2.75) is 138 Å². The summed E-state index contributed by atoms with van der Waals surface area (Å²) in [6.07, 6.45) is 0. The quantitative estimate of drug-likeness (QED) is 0.188. The minimum atomic E-state index is 1.17. The second-order valence-electron chi connectivity index (χ2n) is 6.26. The fraction of sp³-hybridized carbons (Fsp3) is 0.455. The first kappa shape index (κ1) is 55.3. The number of rotatable bonds is 3. The summed E-state index contributed by atoms with van der Waals surface area (Å²) in [6, 6.07) is 36.4. The molecule has 4 aromatic carbocycles. The number of hydrogen-bond donors (Lipinski definition) is 0. The third-order valence-corrected chi connectivity index (χ3v) is 5.86. The van der Waals surface area contributed by atoms with Crippen LogP contribution in [0.5, 0.6) is 0 Å². The maximum absolute atomic E-state index is 2.34. The largest absolute Gasteiger partial charge is 0.309 e. The number of thiophene rings is 1. The summed E-state index contributed by atoms with van der Waals surface area (Å²) >= 11 is 1.86. The van der Waals surface area contributed by atoms with Crippen LogP contribution in [-0.4, -0.2) is 0 Å². The van der Waals surface area contributed by atoms with Crippen LogP contribution in [0, 0.1) is 0 Å². The number of fused-ring (bicyclic) bond motifs is 3. The van der Waals surface area contributed by atoms with Crippen molar-refractivity contribution in [3.63, 3.8) is 0 Å². The zero-order valence-corrected chi connectivity index (χ0v) is 35.0. The minimum Gasteiger partial charge on any atom is -0.309 e. The maximum atomic E-state index is 2.34. The molecule has 1 nitrogen and oxygen atoms in total. The van der Waals surface area contributed by atoms with Crippen LogP contribution >= 0.6 is 11.3 Å². The molecule has 5 aromatic rings. The summed E-state index contributed by atoms with van der Waals surface area (Å²) in [5.41, 5.74) is 3.56. The topological polar surface area (TPSA) is 3.24 Å². The van der Waals surface area contributed by atoms with E-state index < -0.39 is 0 Å². The normalized spacial score (nSPS) is 7.57. The fourth-order valence-electron chi connectivity index (χ4n) is 3.49. The Morgan fingerprint density at radius 3 is 1.04 bits per heavy atom. The Balaban J connectivity index is -0.000000173. The molecule has 0 saturated heterocycles. The maximum Gasteiger partial charge on any atom is 0.0640 e. The molecule has 0 radical (unpaired) electrons. The van der Waals surface area contributed by atoms with Crippen molar-refractivity contribution in [3.8, 4) is 0 Å². The molecule has 0 aliphatic rings. The number of hydrogen-bond acceptors (Lipinski definition) is 2. The minimum absolute atomic E-state index is 1.17. The van der Waals surface area contributed by atoms with E-state index in [2.05, 4.69) is 108 Å². The van der Waals surface area contributed by atoms with Gasteiger partial charge in [-0.15, -0.1) is 11.3 Å². The molecule has 0 amide bonds. The van der Waals surface area contributed by atoms with E-state index in [0.29, 0.717) is 0 Å². The first-order valence-electron chi connectivity index (χ1n) is 18.7. The summed E-state index contributed by atoms with van der Waals surface area (Å²) in [5, 5.41) is 2.65. The first-order chi connectivity index (χ1) is 22.9. The molecule has 0 fully saturated rings. The van der Waals surface area contributed by atoms with Gasteiger partial charge in [-0.3, -0.25) is 0 Å². The average molecular weight is 652 g/mol. The number of para-hydroxylation sites is 2. The molecule has 1 aromatic heterocycles. The van der Waals surface area contributed by atoms with Crippen LogP contribution < -0.4 is 4.90 Å². The van der Waals surface area contributed by atoms with Gasteiger partial charge >= 0.3 is 0 Å². The Labute approximate surface area is 294 Å². The van der Waals surface area contributed by atoms with Gasteiger partial charge in [-0.2, -0.15) is 0 Å². The van der Waals surface area contributed by atoms with Crippen molar-refractivity contribution in [1.82, 2.24) is 0 Å². The average Bonchev–Trinajstić information content (AvgIpc) is 3.60. The monoisotopic (exact) mass is 652 g/mol. The molecule has 0 aliphatic carbocycles. The van der Waals surface area contributed by atoms with Gasteiger partial charge in [0, 0.05) is 26.8 Å². The molecular weight excluding hydrogens is 575 g/mol. The van der Waals surface area contributed by atoms with Crippen molar-refractivity contribution in [2.24, 2.45) is 0 Å². The molecule has 0 unspecified atom stereocenters. The summed E-state index contributed by atoms with van der Waals surface area (Å²) in [4.78, 5) is 2.34. The number of benzene rings is 4. The van der Waals surface area contributed by atoms with Crippen molar-refractivity contribution < 1.29 is 0 Å². The predicted octanol–water partition coefficient (Wildman–Crippen LogP) is 17.8. The Bertz CT molecular complexity index is 1140. The van der Waals surface area contributed by atoms with E-state index in [1.165, 1.54) is 37.2 Å². The van der Waals surface area contributed by atoms with Crippen molar-refractivity contribution in [3.05, 3.63) is 103 Å². The van der Waals surface area contributed by atoms with Crippen molar-refractivity contribution in [1.29, 1.82) is 0 Å². The van der Waals surface area contributed by atoms with Gasteiger partial charge in [0.2, 0.25) is 0 Å². The highest BCUT2D eigenvalue weighted by Gasteiger charge is 2.17. The fourth-order valence-corrected chi connectivity index (χ4v) is 4.70. The highest BCUT2D eigenvalue weighted by Crippen LogP contribution is 2.44. The summed E-state index contributed by atoms with van der Waals surface area (Å²) in [5.74, 6) is 0. The first-order valence-corrected chi connectivity index (χ1v) is 19.5. The van der Waals surface area contributed by atoms with Gasteiger partial charge in [-0.25, -0.2) is 0 Å². The van der Waals surface area contributed by atoms with Gasteiger partial charge in [0.05, 0.1) is 10.4 Å². The lowest BCUT2D eigenvalue weighted by Gasteiger charge is -2.25. The Morgan fingerprint density at radius 2 is 0.652 bits per heavy atom. The molecule has 0 atom stereocenters. The van der Waals surface area contributed by atoms with E-state index in [1.807, 2.05) is 150 Å². The Kier molecular flexibility index (Phi) is 55.7. The lowest BCUT2D eigenvalue weighted by atomic mass is 10.1. The molecule has 0 saturated carbocycles. The molecule has 2 heteroatoms. The molecule has 0 aliphatic heterocycles. The van der Waals surface area contributed by atoms with E-state index in [1.54, 1.807) is 0 Å². The zero-order chi connectivity index (χ0) is 37.3. The molecule has 1 heterocycles. The van der Waals surface area contributed by atoms with Crippen LogP contribution in [0.1, 0.15) is 138 Å². The molecular formula is C44H77NS. The highest BCUT2D eigenvalue weighted by atomic mass is 32.1. The second-order valence-corrected chi connectivity index (χ2v) is 7.31. The van der Waals surface area contributed by atoms with Gasteiger partial charge in [0.1, 0.15) is 0 Å². The van der Waals surface area contributed by atoms with E-state index in [9.17, 15) is 0 Å². The SMILES string of the molecule is CC.CC.CC.CC.CC.CC.CC.CC.CC.CC.c1ccc(N(c2ccccc2)c2cccc3c2sc2ccccc23)cc1. The molecule has 264 valence electrons. The summed E-state index contributed by atoms with van der Waals surface area (Å²) < 4.78 is 2.65. The lowest BCUT2D eigenvalue weighted by molar-refractivity contribution is 1.30. The highest BCUT2D eigenvalue weighted by molar-refractivity contribution is 7.26. The second kappa shape index (κ2) is 46.3. The van der Waals surface area contributed by atoms with Gasteiger partial charge in [-0.05, 0) is 36.4 Å². The van der Waals surface area contributed by atoms with Crippen LogP contribution in [0.3, 0.4) is 0 Å². The van der Waals surface area contributed by atoms with Gasteiger partial charge in [0.15, 0.2) is 0 Å². The van der Waals surface area contributed by atoms with Crippen molar-refractivity contribution in [2.75, 3.05) is 4.90 Å². The predicted molar refractivity (Wildman–Crippen MR) is 227 cm³/mol. The Morgan fingerprint density at radius 1 is 0.326 bits per heavy atom. The Hall–Kier alpha value is -3.10. The number of nitrogens with zero attached hydrogens (tertiary/aromatic N) is 1. The molecule has 0 N–H and O–H groups in total. The van der Waals surface area contributed by atoms with Crippen LogP contribution in [0.15, 0.2) is 103 Å². The third-order valence-electron chi connectivity index (χ3n) is 4.65. The van der Waals surface area contributed by atoms with Crippen LogP contribution in [0.2, 0.25) is 0 Å². The third kappa shape index (κ3) is 19.4. The van der Waals surface area contributed by atoms with Crippen LogP contribution in [0.25, 0.3) is 20.2 Å². The molecule has 5 rings (SSSR count). The van der Waals surface area contributed by atoms with E-state index >= 15 is 0 Å². The van der Waals surface area contributed by atoms with Gasteiger partial charge in [-0.1, -0.05) is 205 Å². The zero-order valence-electron chi connectivity index (χ0n) is 34.2. The van der Waals surface area contributed by atoms with Crippen molar-refractivity contribution >= 4 is 48.6 Å². The number of anilines is 3.